The van der Waals surface area contributed by atoms with E-state index < -0.39 is 11.6 Å². The minimum absolute atomic E-state index is 0.160. The molecule has 2 aliphatic heterocycles. The van der Waals surface area contributed by atoms with Crippen LogP contribution in [0.1, 0.15) is 18.5 Å². The molecule has 2 bridgehead atoms. The standard InChI is InChI=1S/C18H16ClN3O2S/c1-18-14(16(23)20-11-5-3-2-4-6-11)15(21-17(25)22-18)12-9-10(19)7-8-13(12)24-18/h2-9,14-15H,1H3,(H,20,23)(H2,21,22,25)/t14-,15+,18-/m0/s1. The van der Waals surface area contributed by atoms with Crippen LogP contribution < -0.4 is 20.7 Å². The summed E-state index contributed by atoms with van der Waals surface area (Å²) in [6, 6.07) is 14.4. The molecule has 2 aromatic carbocycles. The maximum atomic E-state index is 13.0. The quantitative estimate of drug-likeness (QED) is 0.705. The lowest BCUT2D eigenvalue weighted by molar-refractivity contribution is -0.132. The molecule has 25 heavy (non-hydrogen) atoms. The Morgan fingerprint density at radius 3 is 2.80 bits per heavy atom. The van der Waals surface area contributed by atoms with Crippen LogP contribution in [0, 0.1) is 5.92 Å². The van der Waals surface area contributed by atoms with Crippen LogP contribution in [0.15, 0.2) is 48.5 Å². The number of para-hydroxylation sites is 1. The Bertz CT molecular complexity index is 861. The summed E-state index contributed by atoms with van der Waals surface area (Å²) in [5, 5.41) is 10.3. The van der Waals surface area contributed by atoms with Crippen LogP contribution in [0.5, 0.6) is 5.75 Å². The van der Waals surface area contributed by atoms with E-state index in [1.165, 1.54) is 0 Å². The predicted molar refractivity (Wildman–Crippen MR) is 101 cm³/mol. The fraction of sp³-hybridized carbons (Fsp3) is 0.222. The number of carbonyl (C=O) groups is 1. The van der Waals surface area contributed by atoms with Gasteiger partial charge in [-0.3, -0.25) is 4.79 Å². The molecule has 1 fully saturated rings. The Morgan fingerprint density at radius 2 is 2.04 bits per heavy atom. The summed E-state index contributed by atoms with van der Waals surface area (Å²) in [5.41, 5.74) is 0.600. The first-order chi connectivity index (χ1) is 12.0. The Kier molecular flexibility index (Phi) is 3.81. The van der Waals surface area contributed by atoms with Gasteiger partial charge in [-0.15, -0.1) is 0 Å². The summed E-state index contributed by atoms with van der Waals surface area (Å²) in [6.45, 7) is 1.83. The van der Waals surface area contributed by atoms with Crippen LogP contribution in [0.3, 0.4) is 0 Å². The monoisotopic (exact) mass is 373 g/mol. The maximum Gasteiger partial charge on any atom is 0.236 e. The predicted octanol–water partition coefficient (Wildman–Crippen LogP) is 3.22. The molecule has 2 aliphatic rings. The molecule has 7 heteroatoms. The van der Waals surface area contributed by atoms with Crippen molar-refractivity contribution >= 4 is 40.5 Å². The topological polar surface area (TPSA) is 62.4 Å². The number of nitrogens with one attached hydrogen (secondary N) is 3. The van der Waals surface area contributed by atoms with Crippen molar-refractivity contribution in [1.82, 2.24) is 10.6 Å². The van der Waals surface area contributed by atoms with E-state index >= 15 is 0 Å². The molecular weight excluding hydrogens is 358 g/mol. The molecule has 4 rings (SSSR count). The summed E-state index contributed by atoms with van der Waals surface area (Å²) in [6.07, 6.45) is 0. The second-order valence-electron chi connectivity index (χ2n) is 6.30. The first-order valence-electron chi connectivity index (χ1n) is 7.89. The van der Waals surface area contributed by atoms with Crippen LogP contribution in [0.4, 0.5) is 5.69 Å². The highest BCUT2D eigenvalue weighted by molar-refractivity contribution is 7.80. The van der Waals surface area contributed by atoms with Crippen molar-refractivity contribution in [2.75, 3.05) is 5.32 Å². The van der Waals surface area contributed by atoms with Gasteiger partial charge in [0, 0.05) is 16.3 Å². The Hall–Kier alpha value is -2.31. The highest BCUT2D eigenvalue weighted by Crippen LogP contribution is 2.45. The number of hydrogen-bond donors (Lipinski definition) is 3. The smallest absolute Gasteiger partial charge is 0.236 e. The van der Waals surface area contributed by atoms with Crippen molar-refractivity contribution in [2.45, 2.75) is 18.7 Å². The number of halogens is 1. The summed E-state index contributed by atoms with van der Waals surface area (Å²) < 4.78 is 6.13. The third-order valence-electron chi connectivity index (χ3n) is 4.53. The molecule has 0 spiro atoms. The second kappa shape index (κ2) is 5.89. The van der Waals surface area contributed by atoms with Crippen LogP contribution in [-0.2, 0) is 4.79 Å². The van der Waals surface area contributed by atoms with E-state index in [1.54, 1.807) is 6.07 Å². The number of hydrogen-bond acceptors (Lipinski definition) is 3. The van der Waals surface area contributed by atoms with Gasteiger partial charge < -0.3 is 20.7 Å². The first kappa shape index (κ1) is 16.2. The van der Waals surface area contributed by atoms with Gasteiger partial charge in [-0.1, -0.05) is 29.8 Å². The average Bonchev–Trinajstić information content (AvgIpc) is 2.55. The number of rotatable bonds is 2. The lowest BCUT2D eigenvalue weighted by atomic mass is 9.80. The lowest BCUT2D eigenvalue weighted by Crippen LogP contribution is -2.70. The maximum absolute atomic E-state index is 13.0. The Balaban J connectivity index is 1.74. The number of ether oxygens (including phenoxy) is 1. The van der Waals surface area contributed by atoms with Crippen LogP contribution in [0.2, 0.25) is 5.02 Å². The van der Waals surface area contributed by atoms with Gasteiger partial charge in [0.1, 0.15) is 11.7 Å². The average molecular weight is 374 g/mol. The summed E-state index contributed by atoms with van der Waals surface area (Å²) in [7, 11) is 0. The zero-order valence-electron chi connectivity index (χ0n) is 13.4. The summed E-state index contributed by atoms with van der Waals surface area (Å²) in [5.74, 6) is -0.0136. The van der Waals surface area contributed by atoms with E-state index in [0.717, 1.165) is 11.3 Å². The van der Waals surface area contributed by atoms with E-state index in [-0.39, 0.29) is 11.9 Å². The van der Waals surface area contributed by atoms with E-state index in [2.05, 4.69) is 16.0 Å². The number of anilines is 1. The van der Waals surface area contributed by atoms with Crippen molar-refractivity contribution in [2.24, 2.45) is 5.92 Å². The Morgan fingerprint density at radius 1 is 1.28 bits per heavy atom. The van der Waals surface area contributed by atoms with Gasteiger partial charge in [-0.25, -0.2) is 0 Å². The van der Waals surface area contributed by atoms with Crippen molar-refractivity contribution in [3.8, 4) is 5.75 Å². The van der Waals surface area contributed by atoms with Crippen molar-refractivity contribution in [1.29, 1.82) is 0 Å². The summed E-state index contributed by atoms with van der Waals surface area (Å²) >= 11 is 11.4. The fourth-order valence-electron chi connectivity index (χ4n) is 3.45. The minimum Gasteiger partial charge on any atom is -0.467 e. The molecule has 0 saturated carbocycles. The zero-order valence-corrected chi connectivity index (χ0v) is 14.9. The van der Waals surface area contributed by atoms with Gasteiger partial charge >= 0.3 is 0 Å². The molecule has 3 atom stereocenters. The largest absolute Gasteiger partial charge is 0.467 e. The van der Waals surface area contributed by atoms with E-state index in [4.69, 9.17) is 28.6 Å². The molecule has 0 aliphatic carbocycles. The van der Waals surface area contributed by atoms with E-state index in [0.29, 0.717) is 15.9 Å². The van der Waals surface area contributed by atoms with Crippen molar-refractivity contribution in [3.05, 3.63) is 59.1 Å². The molecule has 5 nitrogen and oxygen atoms in total. The van der Waals surface area contributed by atoms with Gasteiger partial charge in [0.2, 0.25) is 5.91 Å². The van der Waals surface area contributed by atoms with Crippen molar-refractivity contribution < 1.29 is 9.53 Å². The molecule has 128 valence electrons. The number of carbonyl (C=O) groups excluding carboxylic acids is 1. The molecule has 0 radical (unpaired) electrons. The first-order valence-corrected chi connectivity index (χ1v) is 8.68. The molecule has 1 saturated heterocycles. The third-order valence-corrected chi connectivity index (χ3v) is 4.98. The molecule has 0 unspecified atom stereocenters. The molecule has 2 aromatic rings. The molecule has 2 heterocycles. The highest BCUT2D eigenvalue weighted by atomic mass is 35.5. The van der Waals surface area contributed by atoms with Gasteiger partial charge in [-0.05, 0) is 49.5 Å². The lowest BCUT2D eigenvalue weighted by Gasteiger charge is -2.50. The Labute approximate surface area is 155 Å². The summed E-state index contributed by atoms with van der Waals surface area (Å²) in [4.78, 5) is 13.0. The molecule has 0 aromatic heterocycles. The molecular formula is C18H16ClN3O2S. The molecule has 1 amide bonds. The number of amides is 1. The minimum atomic E-state index is -0.952. The number of thiocarbonyl (C=S) groups is 1. The third kappa shape index (κ3) is 2.81. The molecule has 3 N–H and O–H groups in total. The van der Waals surface area contributed by atoms with Gasteiger partial charge in [0.25, 0.3) is 0 Å². The number of benzene rings is 2. The van der Waals surface area contributed by atoms with E-state index in [1.807, 2.05) is 49.4 Å². The van der Waals surface area contributed by atoms with E-state index in [9.17, 15) is 4.79 Å². The fourth-order valence-corrected chi connectivity index (χ4v) is 3.97. The normalized spacial score (nSPS) is 26.6. The zero-order chi connectivity index (χ0) is 17.6. The van der Waals surface area contributed by atoms with Gasteiger partial charge in [0.05, 0.1) is 6.04 Å². The van der Waals surface area contributed by atoms with Crippen molar-refractivity contribution in [3.63, 3.8) is 0 Å². The van der Waals surface area contributed by atoms with Crippen LogP contribution in [-0.4, -0.2) is 16.7 Å². The van der Waals surface area contributed by atoms with Gasteiger partial charge in [0.15, 0.2) is 10.8 Å². The van der Waals surface area contributed by atoms with Gasteiger partial charge in [-0.2, -0.15) is 0 Å². The second-order valence-corrected chi connectivity index (χ2v) is 7.15. The highest BCUT2D eigenvalue weighted by Gasteiger charge is 2.54. The van der Waals surface area contributed by atoms with Crippen LogP contribution in [0.25, 0.3) is 0 Å². The SMILES string of the molecule is C[C@]12NC(=S)N[C@H](c3cc(Cl)ccc3O1)[C@H]2C(=O)Nc1ccccc1. The number of fused-ring (bicyclic) bond motifs is 4. The van der Waals surface area contributed by atoms with Crippen LogP contribution >= 0.6 is 23.8 Å².